The van der Waals surface area contributed by atoms with E-state index in [0.717, 1.165) is 12.8 Å². The molecule has 0 radical (unpaired) electrons. The highest BCUT2D eigenvalue weighted by Gasteiger charge is 2.27. The summed E-state index contributed by atoms with van der Waals surface area (Å²) in [4.78, 5) is 12.8. The average molecular weight is 490 g/mol. The van der Waals surface area contributed by atoms with Crippen molar-refractivity contribution in [3.8, 4) is 17.2 Å². The van der Waals surface area contributed by atoms with Gasteiger partial charge in [-0.1, -0.05) is 5.21 Å². The Morgan fingerprint density at radius 2 is 1.71 bits per heavy atom. The topological polar surface area (TPSA) is 125 Å². The first-order valence-corrected chi connectivity index (χ1v) is 12.2. The van der Waals surface area contributed by atoms with Gasteiger partial charge in [0.15, 0.2) is 11.5 Å². The minimum Gasteiger partial charge on any atom is -0.493 e. The summed E-state index contributed by atoms with van der Waals surface area (Å²) in [5.41, 5.74) is 1.62. The molecule has 11 nitrogen and oxygen atoms in total. The molecule has 0 unspecified atom stereocenters. The van der Waals surface area contributed by atoms with Crippen LogP contribution in [0.25, 0.3) is 11.0 Å². The van der Waals surface area contributed by atoms with Crippen molar-refractivity contribution < 1.29 is 27.4 Å². The van der Waals surface area contributed by atoms with Crippen LogP contribution >= 0.6 is 0 Å². The zero-order chi connectivity index (χ0) is 24.3. The van der Waals surface area contributed by atoms with Gasteiger partial charge in [-0.05, 0) is 31.0 Å². The number of nitrogens with one attached hydrogen (secondary N) is 1. The average Bonchev–Trinajstić information content (AvgIpc) is 3.52. The maximum Gasteiger partial charge on any atom is 0.243 e. The number of anilines is 1. The number of hydrogen-bond donors (Lipinski definition) is 1. The third kappa shape index (κ3) is 4.64. The number of methoxy groups -OCH3 is 3. The molecule has 2 heterocycles. The minimum atomic E-state index is -3.54. The Labute approximate surface area is 197 Å². The SMILES string of the molecule is COc1cc(NC(=O)CCn2nnc3cc(S(=O)(=O)N4CCCC4)ccc32)cc(OC)c1OC. The monoisotopic (exact) mass is 489 g/mol. The molecular weight excluding hydrogens is 462 g/mol. The maximum atomic E-state index is 12.8. The fourth-order valence-electron chi connectivity index (χ4n) is 3.94. The molecule has 0 spiro atoms. The summed E-state index contributed by atoms with van der Waals surface area (Å²) in [7, 11) is 0.972. The smallest absolute Gasteiger partial charge is 0.243 e. The zero-order valence-electron chi connectivity index (χ0n) is 19.3. The number of rotatable bonds is 9. The van der Waals surface area contributed by atoms with Crippen molar-refractivity contribution in [2.24, 2.45) is 0 Å². The van der Waals surface area contributed by atoms with Crippen molar-refractivity contribution in [2.45, 2.75) is 30.7 Å². The Morgan fingerprint density at radius 3 is 2.32 bits per heavy atom. The van der Waals surface area contributed by atoms with Crippen molar-refractivity contribution in [1.82, 2.24) is 19.3 Å². The van der Waals surface area contributed by atoms with Gasteiger partial charge in [-0.15, -0.1) is 5.10 Å². The highest BCUT2D eigenvalue weighted by Crippen LogP contribution is 2.40. The molecule has 1 aliphatic rings. The lowest BCUT2D eigenvalue weighted by molar-refractivity contribution is -0.116. The highest BCUT2D eigenvalue weighted by atomic mass is 32.2. The van der Waals surface area contributed by atoms with Crippen LogP contribution in [0.3, 0.4) is 0 Å². The first-order chi connectivity index (χ1) is 16.4. The third-order valence-corrected chi connectivity index (χ3v) is 7.58. The Bertz CT molecular complexity index is 1280. The van der Waals surface area contributed by atoms with Crippen LogP contribution in [0.5, 0.6) is 17.2 Å². The van der Waals surface area contributed by atoms with Crippen LogP contribution in [0.2, 0.25) is 0 Å². The summed E-state index contributed by atoms with van der Waals surface area (Å²) >= 11 is 0. The van der Waals surface area contributed by atoms with Gasteiger partial charge in [-0.2, -0.15) is 4.31 Å². The number of carbonyl (C=O) groups is 1. The Hall–Kier alpha value is -3.38. The first-order valence-electron chi connectivity index (χ1n) is 10.8. The number of aryl methyl sites for hydroxylation is 1. The van der Waals surface area contributed by atoms with Gasteiger partial charge in [0.1, 0.15) is 5.52 Å². The van der Waals surface area contributed by atoms with Crippen LogP contribution < -0.4 is 19.5 Å². The summed E-state index contributed by atoms with van der Waals surface area (Å²) in [6.07, 6.45) is 1.87. The van der Waals surface area contributed by atoms with Gasteiger partial charge in [-0.3, -0.25) is 4.79 Å². The molecule has 0 aliphatic carbocycles. The standard InChI is InChI=1S/C22H27N5O6S/c1-31-19-12-15(13-20(32-2)22(19)33-3)23-21(28)8-11-27-18-7-6-16(14-17(18)24-25-27)34(29,30)26-9-4-5-10-26/h6-7,12-14H,4-5,8-11H2,1-3H3,(H,23,28). The molecule has 1 amide bonds. The van der Waals surface area contributed by atoms with E-state index in [1.54, 1.807) is 28.9 Å². The van der Waals surface area contributed by atoms with E-state index in [0.29, 0.717) is 47.1 Å². The lowest BCUT2D eigenvalue weighted by Gasteiger charge is -2.15. The summed E-state index contributed by atoms with van der Waals surface area (Å²) in [5.74, 6) is 1.05. The Balaban J connectivity index is 1.45. The van der Waals surface area contributed by atoms with Crippen LogP contribution in [-0.4, -0.2) is 68.0 Å². The molecule has 4 rings (SSSR count). The number of fused-ring (bicyclic) bond motifs is 1. The molecule has 1 N–H and O–H groups in total. The molecule has 0 saturated carbocycles. The van der Waals surface area contributed by atoms with Crippen molar-refractivity contribution in [2.75, 3.05) is 39.7 Å². The van der Waals surface area contributed by atoms with Crippen molar-refractivity contribution in [3.63, 3.8) is 0 Å². The molecular formula is C22H27N5O6S. The highest BCUT2D eigenvalue weighted by molar-refractivity contribution is 7.89. The first kappa shape index (κ1) is 23.8. The fourth-order valence-corrected chi connectivity index (χ4v) is 5.48. The lowest BCUT2D eigenvalue weighted by atomic mass is 10.2. The molecule has 1 fully saturated rings. The molecule has 34 heavy (non-hydrogen) atoms. The van der Waals surface area contributed by atoms with E-state index in [2.05, 4.69) is 15.6 Å². The molecule has 1 saturated heterocycles. The van der Waals surface area contributed by atoms with Crippen molar-refractivity contribution >= 4 is 32.7 Å². The van der Waals surface area contributed by atoms with Crippen LogP contribution in [0.15, 0.2) is 35.2 Å². The van der Waals surface area contributed by atoms with Crippen LogP contribution in [0.1, 0.15) is 19.3 Å². The number of carbonyl (C=O) groups excluding carboxylic acids is 1. The quantitative estimate of drug-likeness (QED) is 0.485. The van der Waals surface area contributed by atoms with Gasteiger partial charge in [0.05, 0.1) is 38.3 Å². The number of benzene rings is 2. The van der Waals surface area contributed by atoms with Gasteiger partial charge < -0.3 is 19.5 Å². The largest absolute Gasteiger partial charge is 0.493 e. The third-order valence-electron chi connectivity index (χ3n) is 5.69. The van der Waals surface area contributed by atoms with Gasteiger partial charge in [0.25, 0.3) is 0 Å². The second-order valence-corrected chi connectivity index (χ2v) is 9.72. The van der Waals surface area contributed by atoms with Crippen LogP contribution in [0, 0.1) is 0 Å². The fraction of sp³-hybridized carbons (Fsp3) is 0.409. The second-order valence-electron chi connectivity index (χ2n) is 7.79. The molecule has 0 bridgehead atoms. The summed E-state index contributed by atoms with van der Waals surface area (Å²) in [6, 6.07) is 8.06. The molecule has 1 aliphatic heterocycles. The van der Waals surface area contributed by atoms with E-state index in [9.17, 15) is 13.2 Å². The number of sulfonamides is 1. The van der Waals surface area contributed by atoms with Gasteiger partial charge >= 0.3 is 0 Å². The van der Waals surface area contributed by atoms with E-state index in [4.69, 9.17) is 14.2 Å². The van der Waals surface area contributed by atoms with E-state index in [-0.39, 0.29) is 23.8 Å². The van der Waals surface area contributed by atoms with E-state index < -0.39 is 10.0 Å². The van der Waals surface area contributed by atoms with E-state index >= 15 is 0 Å². The number of amides is 1. The molecule has 3 aromatic rings. The maximum absolute atomic E-state index is 12.8. The summed E-state index contributed by atoms with van der Waals surface area (Å²) < 4.78 is 44.6. The molecule has 182 valence electrons. The Morgan fingerprint density at radius 1 is 1.03 bits per heavy atom. The number of ether oxygens (including phenoxy) is 3. The zero-order valence-corrected chi connectivity index (χ0v) is 20.1. The van der Waals surface area contributed by atoms with E-state index in [1.807, 2.05) is 0 Å². The molecule has 2 aromatic carbocycles. The summed E-state index contributed by atoms with van der Waals surface area (Å²) in [6.45, 7) is 1.34. The van der Waals surface area contributed by atoms with Crippen molar-refractivity contribution in [1.29, 1.82) is 0 Å². The van der Waals surface area contributed by atoms with Gasteiger partial charge in [0.2, 0.25) is 21.7 Å². The van der Waals surface area contributed by atoms with Gasteiger partial charge in [-0.25, -0.2) is 13.1 Å². The Kier molecular flexibility index (Phi) is 6.89. The van der Waals surface area contributed by atoms with Gasteiger partial charge in [0, 0.05) is 37.3 Å². The van der Waals surface area contributed by atoms with Crippen LogP contribution in [0.4, 0.5) is 5.69 Å². The normalized spacial score (nSPS) is 14.3. The number of aromatic nitrogens is 3. The molecule has 1 aromatic heterocycles. The predicted octanol–water partition coefficient (Wildman–Crippen LogP) is 2.27. The lowest BCUT2D eigenvalue weighted by Crippen LogP contribution is -2.27. The van der Waals surface area contributed by atoms with Crippen molar-refractivity contribution in [3.05, 3.63) is 30.3 Å². The summed E-state index contributed by atoms with van der Waals surface area (Å²) in [5, 5.41) is 11.0. The molecule has 0 atom stereocenters. The van der Waals surface area contributed by atoms with E-state index in [1.165, 1.54) is 31.7 Å². The predicted molar refractivity (Wildman–Crippen MR) is 125 cm³/mol. The number of hydrogen-bond acceptors (Lipinski definition) is 8. The minimum absolute atomic E-state index is 0.128. The molecule has 12 heteroatoms. The number of nitrogens with zero attached hydrogens (tertiary/aromatic N) is 4. The van der Waals surface area contributed by atoms with Crippen LogP contribution in [-0.2, 0) is 21.4 Å². The second kappa shape index (κ2) is 9.85.